The molecule has 1 atom stereocenters. The van der Waals surface area contributed by atoms with Gasteiger partial charge in [0, 0.05) is 31.8 Å². The Morgan fingerprint density at radius 3 is 2.30 bits per heavy atom. The monoisotopic (exact) mass is 334 g/mol. The number of carboxylic acids is 1. The molecule has 4 N–H and O–H groups in total. The molecule has 0 bridgehead atoms. The van der Waals surface area contributed by atoms with Crippen LogP contribution in [0.25, 0.3) is 0 Å². The van der Waals surface area contributed by atoms with Gasteiger partial charge in [0.25, 0.3) is 0 Å². The third-order valence-electron chi connectivity index (χ3n) is 3.32. The van der Waals surface area contributed by atoms with E-state index >= 15 is 0 Å². The van der Waals surface area contributed by atoms with Crippen LogP contribution in [0.5, 0.6) is 0 Å². The van der Waals surface area contributed by atoms with Crippen LogP contribution in [0.2, 0.25) is 0 Å². The van der Waals surface area contributed by atoms with Crippen molar-refractivity contribution in [1.82, 2.24) is 5.32 Å². The van der Waals surface area contributed by atoms with Crippen LogP contribution in [0.4, 0.5) is 13.2 Å². The van der Waals surface area contributed by atoms with E-state index < -0.39 is 12.1 Å². The summed E-state index contributed by atoms with van der Waals surface area (Å²) in [6.45, 7) is 2.59. The lowest BCUT2D eigenvalue weighted by Crippen LogP contribution is -2.38. The number of rotatable bonds is 4. The highest BCUT2D eigenvalue weighted by Gasteiger charge is 2.38. The molecule has 23 heavy (non-hydrogen) atoms. The van der Waals surface area contributed by atoms with Crippen molar-refractivity contribution in [2.75, 3.05) is 19.8 Å². The van der Waals surface area contributed by atoms with E-state index in [0.29, 0.717) is 6.04 Å². The summed E-state index contributed by atoms with van der Waals surface area (Å²) >= 11 is 0. The van der Waals surface area contributed by atoms with Crippen molar-refractivity contribution < 1.29 is 27.8 Å². The standard InChI is InChI=1S/C13H20N2O.C2HF3O2/c14-13(11-4-2-1-3-5-11)10-15-12-6-8-16-9-7-12;3-2(4,5)1(6)7/h1-5,12-13,15H,6-10,14H2;(H,6,7)/t13-;/m0./s1. The van der Waals surface area contributed by atoms with Gasteiger partial charge in [0.05, 0.1) is 0 Å². The largest absolute Gasteiger partial charge is 0.490 e. The van der Waals surface area contributed by atoms with E-state index in [2.05, 4.69) is 17.4 Å². The minimum Gasteiger partial charge on any atom is -0.475 e. The van der Waals surface area contributed by atoms with Crippen molar-refractivity contribution in [3.63, 3.8) is 0 Å². The maximum absolute atomic E-state index is 10.6. The van der Waals surface area contributed by atoms with E-state index in [4.69, 9.17) is 20.4 Å². The van der Waals surface area contributed by atoms with Gasteiger partial charge < -0.3 is 20.9 Å². The van der Waals surface area contributed by atoms with E-state index in [-0.39, 0.29) is 6.04 Å². The molecular formula is C15H21F3N2O3. The van der Waals surface area contributed by atoms with Crippen LogP contribution in [0, 0.1) is 0 Å². The van der Waals surface area contributed by atoms with E-state index in [1.165, 1.54) is 5.56 Å². The molecule has 0 spiro atoms. The van der Waals surface area contributed by atoms with E-state index in [9.17, 15) is 13.2 Å². The van der Waals surface area contributed by atoms with Gasteiger partial charge in [-0.05, 0) is 18.4 Å². The Kier molecular flexibility index (Phi) is 8.01. The summed E-state index contributed by atoms with van der Waals surface area (Å²) in [5.74, 6) is -2.76. The number of nitrogens with two attached hydrogens (primary N) is 1. The highest BCUT2D eigenvalue weighted by atomic mass is 19.4. The predicted molar refractivity (Wildman–Crippen MR) is 78.9 cm³/mol. The van der Waals surface area contributed by atoms with Crippen molar-refractivity contribution in [1.29, 1.82) is 0 Å². The number of ether oxygens (including phenoxy) is 1. The van der Waals surface area contributed by atoms with Gasteiger partial charge in [-0.3, -0.25) is 0 Å². The number of carbonyl (C=O) groups is 1. The summed E-state index contributed by atoms with van der Waals surface area (Å²) < 4.78 is 37.1. The minimum absolute atomic E-state index is 0.0871. The maximum Gasteiger partial charge on any atom is 0.490 e. The number of carboxylic acid groups (broad SMARTS) is 1. The number of alkyl halides is 3. The quantitative estimate of drug-likeness (QED) is 0.785. The summed E-state index contributed by atoms with van der Waals surface area (Å²) in [5, 5.41) is 10.6. The van der Waals surface area contributed by atoms with Gasteiger partial charge in [0.1, 0.15) is 0 Å². The molecule has 2 rings (SSSR count). The third-order valence-corrected chi connectivity index (χ3v) is 3.32. The molecule has 1 saturated heterocycles. The van der Waals surface area contributed by atoms with Crippen LogP contribution >= 0.6 is 0 Å². The normalized spacial score (nSPS) is 17.0. The first-order valence-corrected chi connectivity index (χ1v) is 7.22. The Bertz CT molecular complexity index is 463. The van der Waals surface area contributed by atoms with E-state index in [0.717, 1.165) is 32.6 Å². The Hall–Kier alpha value is -1.64. The Morgan fingerprint density at radius 1 is 1.30 bits per heavy atom. The zero-order chi connectivity index (χ0) is 17.3. The molecule has 0 unspecified atom stereocenters. The second-order valence-electron chi connectivity index (χ2n) is 5.11. The van der Waals surface area contributed by atoms with Crippen LogP contribution in [0.15, 0.2) is 30.3 Å². The summed E-state index contributed by atoms with van der Waals surface area (Å²) in [6.07, 6.45) is -2.89. The van der Waals surface area contributed by atoms with Crippen LogP contribution < -0.4 is 11.1 Å². The molecule has 0 aromatic heterocycles. The first-order chi connectivity index (χ1) is 10.8. The zero-order valence-electron chi connectivity index (χ0n) is 12.6. The molecule has 1 aliphatic heterocycles. The van der Waals surface area contributed by atoms with Crippen molar-refractivity contribution >= 4 is 5.97 Å². The average Bonchev–Trinajstić information content (AvgIpc) is 2.54. The van der Waals surface area contributed by atoms with Crippen LogP contribution in [0.1, 0.15) is 24.4 Å². The molecule has 0 amide bonds. The van der Waals surface area contributed by atoms with Crippen LogP contribution in [-0.4, -0.2) is 43.1 Å². The summed E-state index contributed by atoms with van der Waals surface area (Å²) in [5.41, 5.74) is 7.31. The van der Waals surface area contributed by atoms with Crippen LogP contribution in [0.3, 0.4) is 0 Å². The van der Waals surface area contributed by atoms with Gasteiger partial charge in [-0.2, -0.15) is 13.2 Å². The minimum atomic E-state index is -5.08. The maximum atomic E-state index is 10.6. The molecule has 8 heteroatoms. The molecule has 130 valence electrons. The second kappa shape index (κ2) is 9.49. The third kappa shape index (κ3) is 7.96. The van der Waals surface area contributed by atoms with Gasteiger partial charge in [0.15, 0.2) is 0 Å². The van der Waals surface area contributed by atoms with Crippen molar-refractivity contribution in [2.24, 2.45) is 5.73 Å². The van der Waals surface area contributed by atoms with Crippen molar-refractivity contribution in [2.45, 2.75) is 31.1 Å². The molecule has 1 aliphatic rings. The smallest absolute Gasteiger partial charge is 0.475 e. The van der Waals surface area contributed by atoms with Crippen molar-refractivity contribution in [3.05, 3.63) is 35.9 Å². The SMILES string of the molecule is N[C@@H](CNC1CCOCC1)c1ccccc1.O=C(O)C(F)(F)F. The molecule has 1 aromatic rings. The fraction of sp³-hybridized carbons (Fsp3) is 0.533. The molecule has 1 fully saturated rings. The van der Waals surface area contributed by atoms with Gasteiger partial charge in [-0.1, -0.05) is 30.3 Å². The number of aliphatic carboxylic acids is 1. The van der Waals surface area contributed by atoms with Crippen LogP contribution in [-0.2, 0) is 9.53 Å². The van der Waals surface area contributed by atoms with Gasteiger partial charge >= 0.3 is 12.1 Å². The Labute approximate surface area is 132 Å². The molecule has 1 heterocycles. The summed E-state index contributed by atoms with van der Waals surface area (Å²) in [7, 11) is 0. The average molecular weight is 334 g/mol. The molecular weight excluding hydrogens is 313 g/mol. The molecule has 0 aliphatic carbocycles. The highest BCUT2D eigenvalue weighted by molar-refractivity contribution is 5.73. The lowest BCUT2D eigenvalue weighted by Gasteiger charge is -2.24. The number of benzene rings is 1. The molecule has 5 nitrogen and oxygen atoms in total. The summed E-state index contributed by atoms with van der Waals surface area (Å²) in [4.78, 5) is 8.90. The highest BCUT2D eigenvalue weighted by Crippen LogP contribution is 2.13. The van der Waals surface area contributed by atoms with Gasteiger partial charge in [0.2, 0.25) is 0 Å². The lowest BCUT2D eigenvalue weighted by atomic mass is 10.1. The fourth-order valence-corrected chi connectivity index (χ4v) is 2.01. The summed E-state index contributed by atoms with van der Waals surface area (Å²) in [6, 6.07) is 10.9. The van der Waals surface area contributed by atoms with Gasteiger partial charge in [-0.15, -0.1) is 0 Å². The predicted octanol–water partition coefficient (Wildman–Crippen LogP) is 2.09. The molecule has 0 radical (unpaired) electrons. The van der Waals surface area contributed by atoms with Crippen molar-refractivity contribution in [3.8, 4) is 0 Å². The number of halogens is 3. The molecule has 0 saturated carbocycles. The number of hydrogen-bond acceptors (Lipinski definition) is 4. The Morgan fingerprint density at radius 2 is 1.83 bits per heavy atom. The fourth-order valence-electron chi connectivity index (χ4n) is 2.01. The first kappa shape index (κ1) is 19.4. The lowest BCUT2D eigenvalue weighted by molar-refractivity contribution is -0.192. The zero-order valence-corrected chi connectivity index (χ0v) is 12.6. The van der Waals surface area contributed by atoms with E-state index in [1.54, 1.807) is 0 Å². The molecule has 1 aromatic carbocycles. The second-order valence-corrected chi connectivity index (χ2v) is 5.11. The van der Waals surface area contributed by atoms with E-state index in [1.807, 2.05) is 18.2 Å². The van der Waals surface area contributed by atoms with Gasteiger partial charge in [-0.25, -0.2) is 4.79 Å². The number of hydrogen-bond donors (Lipinski definition) is 3. The topological polar surface area (TPSA) is 84.6 Å². The first-order valence-electron chi connectivity index (χ1n) is 7.22. The Balaban J connectivity index is 0.000000322. The number of nitrogens with one attached hydrogen (secondary N) is 1.